The number of carbonyl (C=O) groups excluding carboxylic acids is 1. The van der Waals surface area contributed by atoms with Crippen LogP contribution in [0.3, 0.4) is 0 Å². The fourth-order valence-electron chi connectivity index (χ4n) is 3.22. The van der Waals surface area contributed by atoms with Crippen LogP contribution in [0.25, 0.3) is 10.9 Å². The van der Waals surface area contributed by atoms with Crippen molar-refractivity contribution < 1.29 is 9.72 Å². The van der Waals surface area contributed by atoms with E-state index in [0.717, 1.165) is 16.6 Å². The zero-order valence-corrected chi connectivity index (χ0v) is 17.3. The lowest BCUT2D eigenvalue weighted by molar-refractivity contribution is -0.383. The average Bonchev–Trinajstić information content (AvgIpc) is 2.78. The molecule has 0 atom stereocenters. The van der Waals surface area contributed by atoms with Crippen LogP contribution in [0.1, 0.15) is 21.6 Å². The maximum atomic E-state index is 12.5. The van der Waals surface area contributed by atoms with Crippen molar-refractivity contribution in [2.45, 2.75) is 13.8 Å². The molecule has 0 radical (unpaired) electrons. The van der Waals surface area contributed by atoms with Crippen LogP contribution in [0.2, 0.25) is 0 Å². The molecule has 0 aliphatic rings. The van der Waals surface area contributed by atoms with Gasteiger partial charge in [0.2, 0.25) is 11.6 Å². The van der Waals surface area contributed by atoms with Crippen LogP contribution in [0.5, 0.6) is 0 Å². The highest BCUT2D eigenvalue weighted by atomic mass is 16.6. The second-order valence-electron chi connectivity index (χ2n) is 7.03. The molecule has 10 heteroatoms. The summed E-state index contributed by atoms with van der Waals surface area (Å²) < 4.78 is 0. The summed E-state index contributed by atoms with van der Waals surface area (Å²) in [7, 11) is 0. The number of hydrazine groups is 1. The lowest BCUT2D eigenvalue weighted by Gasteiger charge is -2.12. The minimum Gasteiger partial charge on any atom is -0.332 e. The lowest BCUT2D eigenvalue weighted by Crippen LogP contribution is -2.30. The molecule has 4 aromatic rings. The van der Waals surface area contributed by atoms with Gasteiger partial charge in [0.25, 0.3) is 5.91 Å². The van der Waals surface area contributed by atoms with Crippen molar-refractivity contribution >= 4 is 39.8 Å². The van der Waals surface area contributed by atoms with Gasteiger partial charge in [-0.25, -0.2) is 9.97 Å². The van der Waals surface area contributed by atoms with E-state index in [1.807, 2.05) is 37.3 Å². The number of aromatic nitrogens is 3. The van der Waals surface area contributed by atoms with Gasteiger partial charge in [-0.15, -0.1) is 0 Å². The van der Waals surface area contributed by atoms with Crippen LogP contribution in [0, 0.1) is 24.0 Å². The van der Waals surface area contributed by atoms with E-state index in [2.05, 4.69) is 31.1 Å². The van der Waals surface area contributed by atoms with Crippen LogP contribution in [-0.4, -0.2) is 25.8 Å². The van der Waals surface area contributed by atoms with Crippen LogP contribution in [0.15, 0.2) is 60.9 Å². The molecule has 0 unspecified atom stereocenters. The molecule has 2 heterocycles. The third-order valence-electron chi connectivity index (χ3n) is 4.80. The van der Waals surface area contributed by atoms with Crippen molar-refractivity contribution in [2.75, 3.05) is 10.7 Å². The molecule has 10 nitrogen and oxygen atoms in total. The topological polar surface area (TPSA) is 135 Å². The summed E-state index contributed by atoms with van der Waals surface area (Å²) in [4.78, 5) is 36.2. The molecule has 4 rings (SSSR count). The SMILES string of the molecule is Cc1ccc2cccc(Nc3ncnc(NNC(=O)c4ccccc4C)c3[N+](=O)[O-])c2n1. The van der Waals surface area contributed by atoms with Crippen molar-refractivity contribution in [3.8, 4) is 0 Å². The monoisotopic (exact) mass is 429 g/mol. The normalized spacial score (nSPS) is 10.6. The minimum absolute atomic E-state index is 0.0338. The first-order chi connectivity index (χ1) is 15.4. The van der Waals surface area contributed by atoms with Crippen LogP contribution < -0.4 is 16.2 Å². The van der Waals surface area contributed by atoms with Gasteiger partial charge in [-0.1, -0.05) is 36.4 Å². The molecule has 0 fully saturated rings. The van der Waals surface area contributed by atoms with Crippen molar-refractivity contribution in [2.24, 2.45) is 0 Å². The van der Waals surface area contributed by atoms with E-state index < -0.39 is 16.5 Å². The third kappa shape index (κ3) is 4.15. The molecule has 0 saturated carbocycles. The van der Waals surface area contributed by atoms with Crippen molar-refractivity contribution in [1.82, 2.24) is 20.4 Å². The smallest absolute Gasteiger partial charge is 0.332 e. The highest BCUT2D eigenvalue weighted by molar-refractivity contribution is 5.96. The fourth-order valence-corrected chi connectivity index (χ4v) is 3.22. The van der Waals surface area contributed by atoms with Gasteiger partial charge < -0.3 is 5.32 Å². The number of hydrogen-bond donors (Lipinski definition) is 3. The van der Waals surface area contributed by atoms with Crippen LogP contribution in [-0.2, 0) is 0 Å². The maximum absolute atomic E-state index is 12.5. The van der Waals surface area contributed by atoms with Gasteiger partial charge in [-0.2, -0.15) is 0 Å². The minimum atomic E-state index is -0.617. The molecule has 0 aliphatic carbocycles. The Kier molecular flexibility index (Phi) is 5.58. The lowest BCUT2D eigenvalue weighted by atomic mass is 10.1. The first-order valence-electron chi connectivity index (χ1n) is 9.69. The van der Waals surface area contributed by atoms with Gasteiger partial charge in [-0.05, 0) is 37.6 Å². The number of hydrogen-bond acceptors (Lipinski definition) is 8. The number of nitrogens with one attached hydrogen (secondary N) is 3. The van der Waals surface area contributed by atoms with Crippen molar-refractivity contribution in [3.05, 3.63) is 87.9 Å². The van der Waals surface area contributed by atoms with Crippen LogP contribution >= 0.6 is 0 Å². The number of benzene rings is 2. The first-order valence-corrected chi connectivity index (χ1v) is 9.69. The second kappa shape index (κ2) is 8.64. The number of aryl methyl sites for hydroxylation is 2. The molecule has 0 spiro atoms. The summed E-state index contributed by atoms with van der Waals surface area (Å²) in [5.74, 6) is -0.633. The second-order valence-corrected chi connectivity index (χ2v) is 7.03. The van der Waals surface area contributed by atoms with Gasteiger partial charge >= 0.3 is 5.69 Å². The summed E-state index contributed by atoms with van der Waals surface area (Å²) in [5, 5.41) is 15.7. The molecule has 2 aromatic carbocycles. The Morgan fingerprint density at radius 1 is 0.969 bits per heavy atom. The van der Waals surface area contributed by atoms with Crippen molar-refractivity contribution in [1.29, 1.82) is 0 Å². The number of fused-ring (bicyclic) bond motifs is 1. The number of carbonyl (C=O) groups is 1. The standard InChI is InChI=1S/C22H19N7O3/c1-13-6-3-4-8-16(13)22(30)28-27-21-19(29(31)32)20(23-12-24-21)26-17-9-5-7-15-11-10-14(2)25-18(15)17/h3-12H,1-2H3,(H,28,30)(H2,23,24,26,27). The third-order valence-corrected chi connectivity index (χ3v) is 4.80. The summed E-state index contributed by atoms with van der Waals surface area (Å²) >= 11 is 0. The summed E-state index contributed by atoms with van der Waals surface area (Å²) in [6.07, 6.45) is 1.17. The van der Waals surface area contributed by atoms with Gasteiger partial charge in [0.05, 0.1) is 16.1 Å². The molecule has 0 aliphatic heterocycles. The summed E-state index contributed by atoms with van der Waals surface area (Å²) in [6, 6.07) is 16.3. The Bertz CT molecular complexity index is 1340. The fraction of sp³-hybridized carbons (Fsp3) is 0.0909. The zero-order valence-electron chi connectivity index (χ0n) is 17.3. The largest absolute Gasteiger partial charge is 0.355 e. The quantitative estimate of drug-likeness (QED) is 0.309. The number of para-hydroxylation sites is 1. The Labute approximate surface area is 182 Å². The highest BCUT2D eigenvalue weighted by Crippen LogP contribution is 2.32. The molecule has 3 N–H and O–H groups in total. The summed E-state index contributed by atoms with van der Waals surface area (Å²) in [5.41, 5.74) is 7.82. The van der Waals surface area contributed by atoms with E-state index in [1.165, 1.54) is 6.33 Å². The Morgan fingerprint density at radius 3 is 2.53 bits per heavy atom. The highest BCUT2D eigenvalue weighted by Gasteiger charge is 2.24. The van der Waals surface area contributed by atoms with E-state index in [-0.39, 0.29) is 11.6 Å². The summed E-state index contributed by atoms with van der Waals surface area (Å²) in [6.45, 7) is 3.66. The van der Waals surface area contributed by atoms with Gasteiger partial charge in [0.15, 0.2) is 0 Å². The molecular formula is C22H19N7O3. The Balaban J connectivity index is 1.65. The first kappa shape index (κ1) is 20.7. The van der Waals surface area contributed by atoms with Gasteiger partial charge in [0, 0.05) is 16.6 Å². The number of anilines is 3. The van der Waals surface area contributed by atoms with E-state index in [4.69, 9.17) is 0 Å². The molecule has 1 amide bonds. The van der Waals surface area contributed by atoms with E-state index in [0.29, 0.717) is 16.8 Å². The van der Waals surface area contributed by atoms with Crippen LogP contribution in [0.4, 0.5) is 23.0 Å². The molecule has 2 aromatic heterocycles. The van der Waals surface area contributed by atoms with E-state index in [9.17, 15) is 14.9 Å². The zero-order chi connectivity index (χ0) is 22.7. The molecule has 32 heavy (non-hydrogen) atoms. The Morgan fingerprint density at radius 2 is 1.75 bits per heavy atom. The number of nitrogens with zero attached hydrogens (tertiary/aromatic N) is 4. The molecule has 0 saturated heterocycles. The predicted octanol–water partition coefficient (Wildman–Crippen LogP) is 4.05. The average molecular weight is 429 g/mol. The molecular weight excluding hydrogens is 410 g/mol. The Hall–Kier alpha value is -4.60. The number of amides is 1. The number of pyridine rings is 1. The maximum Gasteiger partial charge on any atom is 0.355 e. The van der Waals surface area contributed by atoms with Gasteiger partial charge in [-0.3, -0.25) is 30.7 Å². The van der Waals surface area contributed by atoms with Gasteiger partial charge in [0.1, 0.15) is 6.33 Å². The molecule has 160 valence electrons. The number of rotatable bonds is 6. The van der Waals surface area contributed by atoms with E-state index >= 15 is 0 Å². The van der Waals surface area contributed by atoms with E-state index in [1.54, 1.807) is 31.2 Å². The predicted molar refractivity (Wildman–Crippen MR) is 121 cm³/mol. The van der Waals surface area contributed by atoms with Crippen molar-refractivity contribution in [3.63, 3.8) is 0 Å². The molecule has 0 bridgehead atoms. The number of nitro groups is 1.